The molecule has 120 valence electrons. The molecule has 5 nitrogen and oxygen atoms in total. The summed E-state index contributed by atoms with van der Waals surface area (Å²) in [5.41, 5.74) is 8.00. The Morgan fingerprint density at radius 1 is 1.05 bits per heavy atom. The van der Waals surface area contributed by atoms with Gasteiger partial charge in [0.2, 0.25) is 0 Å². The molecule has 5 heteroatoms. The molecule has 0 aliphatic carbocycles. The van der Waals surface area contributed by atoms with Gasteiger partial charge in [-0.25, -0.2) is 0 Å². The van der Waals surface area contributed by atoms with Crippen molar-refractivity contribution in [2.75, 3.05) is 40.6 Å². The highest BCUT2D eigenvalue weighted by molar-refractivity contribution is 5.37. The van der Waals surface area contributed by atoms with Gasteiger partial charge < -0.3 is 24.7 Å². The number of hydrogen-bond donors (Lipinski definition) is 1. The number of hydrogen-bond acceptors (Lipinski definition) is 5. The molecule has 0 bridgehead atoms. The van der Waals surface area contributed by atoms with Gasteiger partial charge in [0, 0.05) is 31.9 Å². The summed E-state index contributed by atoms with van der Waals surface area (Å²) in [4.78, 5) is 0. The van der Waals surface area contributed by atoms with E-state index in [0.29, 0.717) is 33.0 Å². The Balaban J connectivity index is 2.32. The Bertz CT molecular complexity index is 396. The highest BCUT2D eigenvalue weighted by Gasteiger charge is 2.07. The van der Waals surface area contributed by atoms with Gasteiger partial charge in [0.1, 0.15) is 5.75 Å². The van der Waals surface area contributed by atoms with Gasteiger partial charge >= 0.3 is 0 Å². The molecule has 0 fully saturated rings. The van der Waals surface area contributed by atoms with Crippen LogP contribution in [-0.2, 0) is 20.8 Å². The monoisotopic (exact) mass is 297 g/mol. The van der Waals surface area contributed by atoms with Crippen LogP contribution in [0.1, 0.15) is 30.5 Å². The minimum atomic E-state index is 0.00356. The van der Waals surface area contributed by atoms with Crippen LogP contribution in [0.2, 0.25) is 0 Å². The molecule has 0 saturated heterocycles. The first-order chi connectivity index (χ1) is 10.2. The second kappa shape index (κ2) is 10.6. The summed E-state index contributed by atoms with van der Waals surface area (Å²) >= 11 is 0. The molecule has 0 aliphatic heterocycles. The van der Waals surface area contributed by atoms with Crippen LogP contribution in [0.4, 0.5) is 0 Å². The standard InChI is InChI=1S/C16H27NO4/c1-13(17)14-5-6-16(19-3)15(11-14)12-21-8-4-7-20-10-9-18-2/h5-6,11,13H,4,7-10,12,17H2,1-3H3. The lowest BCUT2D eigenvalue weighted by Crippen LogP contribution is -2.08. The van der Waals surface area contributed by atoms with Crippen molar-refractivity contribution in [3.05, 3.63) is 29.3 Å². The quantitative estimate of drug-likeness (QED) is 0.635. The van der Waals surface area contributed by atoms with Gasteiger partial charge in [-0.1, -0.05) is 6.07 Å². The van der Waals surface area contributed by atoms with Gasteiger partial charge in [0.15, 0.2) is 0 Å². The summed E-state index contributed by atoms with van der Waals surface area (Å²) in [6, 6.07) is 5.96. The molecular formula is C16H27NO4. The maximum absolute atomic E-state index is 5.90. The predicted molar refractivity (Wildman–Crippen MR) is 82.6 cm³/mol. The van der Waals surface area contributed by atoms with E-state index >= 15 is 0 Å². The first-order valence-electron chi connectivity index (χ1n) is 7.25. The van der Waals surface area contributed by atoms with E-state index in [2.05, 4.69) is 0 Å². The smallest absolute Gasteiger partial charge is 0.124 e. The van der Waals surface area contributed by atoms with Gasteiger partial charge in [0.25, 0.3) is 0 Å². The van der Waals surface area contributed by atoms with Crippen LogP contribution in [0, 0.1) is 0 Å². The van der Waals surface area contributed by atoms with Crippen molar-refractivity contribution in [1.29, 1.82) is 0 Å². The molecule has 1 aromatic carbocycles. The lowest BCUT2D eigenvalue weighted by molar-refractivity contribution is 0.0480. The van der Waals surface area contributed by atoms with Gasteiger partial charge in [-0.15, -0.1) is 0 Å². The molecule has 1 aromatic rings. The largest absolute Gasteiger partial charge is 0.496 e. The van der Waals surface area contributed by atoms with E-state index in [9.17, 15) is 0 Å². The van der Waals surface area contributed by atoms with E-state index in [-0.39, 0.29) is 6.04 Å². The lowest BCUT2D eigenvalue weighted by Gasteiger charge is -2.13. The van der Waals surface area contributed by atoms with E-state index in [1.54, 1.807) is 14.2 Å². The molecule has 0 heterocycles. The zero-order valence-electron chi connectivity index (χ0n) is 13.3. The zero-order valence-corrected chi connectivity index (χ0v) is 13.3. The molecule has 1 atom stereocenters. The summed E-state index contributed by atoms with van der Waals surface area (Å²) in [7, 11) is 3.32. The van der Waals surface area contributed by atoms with Crippen molar-refractivity contribution in [1.82, 2.24) is 0 Å². The number of methoxy groups -OCH3 is 2. The third-order valence-corrected chi connectivity index (χ3v) is 3.10. The highest BCUT2D eigenvalue weighted by Crippen LogP contribution is 2.23. The SMILES string of the molecule is COCCOCCCOCc1cc(C(C)N)ccc1OC. The Morgan fingerprint density at radius 2 is 1.81 bits per heavy atom. The van der Waals surface area contributed by atoms with Crippen LogP contribution >= 0.6 is 0 Å². The Hall–Kier alpha value is -1.14. The molecule has 1 unspecified atom stereocenters. The normalized spacial score (nSPS) is 12.4. The van der Waals surface area contributed by atoms with Gasteiger partial charge in [0.05, 0.1) is 26.9 Å². The molecule has 0 aliphatic rings. The molecule has 0 amide bonds. The van der Waals surface area contributed by atoms with Crippen molar-refractivity contribution >= 4 is 0 Å². The number of nitrogens with two attached hydrogens (primary N) is 1. The Kier molecular flexibility index (Phi) is 9.01. The van der Waals surface area contributed by atoms with Crippen LogP contribution in [0.3, 0.4) is 0 Å². The first-order valence-corrected chi connectivity index (χ1v) is 7.25. The van der Waals surface area contributed by atoms with E-state index in [4.69, 9.17) is 24.7 Å². The fraction of sp³-hybridized carbons (Fsp3) is 0.625. The van der Waals surface area contributed by atoms with Crippen molar-refractivity contribution in [2.24, 2.45) is 5.73 Å². The third kappa shape index (κ3) is 6.91. The summed E-state index contributed by atoms with van der Waals surface area (Å²) in [5, 5.41) is 0. The maximum Gasteiger partial charge on any atom is 0.124 e. The molecule has 0 spiro atoms. The van der Waals surface area contributed by atoms with Crippen LogP contribution < -0.4 is 10.5 Å². The number of ether oxygens (including phenoxy) is 4. The zero-order chi connectivity index (χ0) is 15.5. The summed E-state index contributed by atoms with van der Waals surface area (Å²) in [6.45, 7) is 5.06. The van der Waals surface area contributed by atoms with Crippen LogP contribution in [0.15, 0.2) is 18.2 Å². The number of benzene rings is 1. The molecule has 0 aromatic heterocycles. The second-order valence-electron chi connectivity index (χ2n) is 4.87. The van der Waals surface area contributed by atoms with Crippen LogP contribution in [0.5, 0.6) is 5.75 Å². The lowest BCUT2D eigenvalue weighted by atomic mass is 10.1. The van der Waals surface area contributed by atoms with Crippen LogP contribution in [-0.4, -0.2) is 40.6 Å². The molecule has 0 radical (unpaired) electrons. The van der Waals surface area contributed by atoms with Crippen molar-refractivity contribution in [3.8, 4) is 5.75 Å². The average molecular weight is 297 g/mol. The van der Waals surface area contributed by atoms with E-state index in [0.717, 1.165) is 23.3 Å². The Morgan fingerprint density at radius 3 is 2.48 bits per heavy atom. The van der Waals surface area contributed by atoms with Gasteiger partial charge in [-0.05, 0) is 31.0 Å². The minimum absolute atomic E-state index is 0.00356. The topological polar surface area (TPSA) is 62.9 Å². The molecule has 21 heavy (non-hydrogen) atoms. The highest BCUT2D eigenvalue weighted by atomic mass is 16.5. The third-order valence-electron chi connectivity index (χ3n) is 3.10. The fourth-order valence-electron chi connectivity index (χ4n) is 1.88. The molecular weight excluding hydrogens is 270 g/mol. The van der Waals surface area contributed by atoms with Crippen LogP contribution in [0.25, 0.3) is 0 Å². The first kappa shape index (κ1) is 17.9. The Labute approximate surface area is 127 Å². The van der Waals surface area contributed by atoms with Crippen molar-refractivity contribution < 1.29 is 18.9 Å². The average Bonchev–Trinajstić information content (AvgIpc) is 2.49. The molecule has 1 rings (SSSR count). The van der Waals surface area contributed by atoms with Gasteiger partial charge in [-0.3, -0.25) is 0 Å². The summed E-state index contributed by atoms with van der Waals surface area (Å²) < 4.78 is 21.3. The second-order valence-corrected chi connectivity index (χ2v) is 4.87. The predicted octanol–water partition coefficient (Wildman–Crippen LogP) is 2.28. The van der Waals surface area contributed by atoms with Crippen molar-refractivity contribution in [2.45, 2.75) is 26.0 Å². The summed E-state index contributed by atoms with van der Waals surface area (Å²) in [5.74, 6) is 0.829. The molecule has 0 saturated carbocycles. The van der Waals surface area contributed by atoms with E-state index in [1.165, 1.54) is 0 Å². The van der Waals surface area contributed by atoms with E-state index in [1.807, 2.05) is 25.1 Å². The maximum atomic E-state index is 5.90. The number of rotatable bonds is 11. The van der Waals surface area contributed by atoms with Gasteiger partial charge in [-0.2, -0.15) is 0 Å². The molecule has 2 N–H and O–H groups in total. The minimum Gasteiger partial charge on any atom is -0.496 e. The van der Waals surface area contributed by atoms with E-state index < -0.39 is 0 Å². The summed E-state index contributed by atoms with van der Waals surface area (Å²) in [6.07, 6.45) is 0.860. The fourth-order valence-corrected chi connectivity index (χ4v) is 1.88. The van der Waals surface area contributed by atoms with Crippen molar-refractivity contribution in [3.63, 3.8) is 0 Å².